The first-order valence-corrected chi connectivity index (χ1v) is 16.4. The Hall–Kier alpha value is -5.57. The Morgan fingerprint density at radius 3 is 2.42 bits per heavy atom. The number of para-hydroxylation sites is 1. The SMILES string of the molecule is CCCCN1C2=C(C(=O)Oc3cc(OC)c(OC)c(OC)c3)NC(c3ccc4c(c3)C=CN3C=C(CC)C=CN43)=CC2c2ccccc21. The molecule has 3 aromatic carbocycles. The van der Waals surface area contributed by atoms with Crippen LogP contribution in [-0.2, 0) is 4.79 Å². The molecule has 0 spiro atoms. The number of rotatable bonds is 10. The molecule has 0 saturated carbocycles. The van der Waals surface area contributed by atoms with Gasteiger partial charge >= 0.3 is 5.97 Å². The Kier molecular flexibility index (Phi) is 8.35. The van der Waals surface area contributed by atoms with E-state index in [1.54, 1.807) is 12.1 Å². The van der Waals surface area contributed by atoms with Crippen molar-refractivity contribution in [2.45, 2.75) is 39.0 Å². The van der Waals surface area contributed by atoms with Gasteiger partial charge in [0, 0.05) is 60.1 Å². The summed E-state index contributed by atoms with van der Waals surface area (Å²) >= 11 is 0. The third-order valence-corrected chi connectivity index (χ3v) is 9.16. The normalized spacial score (nSPS) is 17.1. The van der Waals surface area contributed by atoms with Crippen LogP contribution in [0, 0.1) is 0 Å². The number of hydrogen-bond acceptors (Lipinski definition) is 9. The molecule has 0 fully saturated rings. The van der Waals surface area contributed by atoms with Crippen molar-refractivity contribution in [2.75, 3.05) is 37.8 Å². The molecular formula is C39H40N4O5. The lowest BCUT2D eigenvalue weighted by Crippen LogP contribution is -2.35. The number of fused-ring (bicyclic) bond motifs is 6. The summed E-state index contributed by atoms with van der Waals surface area (Å²) in [6, 6.07) is 18.0. The second-order valence-electron chi connectivity index (χ2n) is 11.9. The topological polar surface area (TPSA) is 75.7 Å². The minimum absolute atomic E-state index is 0.138. The predicted molar refractivity (Wildman–Crippen MR) is 189 cm³/mol. The number of hydrogen-bond donors (Lipinski definition) is 1. The monoisotopic (exact) mass is 644 g/mol. The molecule has 0 bridgehead atoms. The third-order valence-electron chi connectivity index (χ3n) is 9.16. The summed E-state index contributed by atoms with van der Waals surface area (Å²) in [5.74, 6) is 0.861. The lowest BCUT2D eigenvalue weighted by atomic mass is 9.91. The van der Waals surface area contributed by atoms with Gasteiger partial charge in [-0.05, 0) is 66.0 Å². The van der Waals surface area contributed by atoms with Crippen molar-refractivity contribution in [2.24, 2.45) is 0 Å². The Morgan fingerprint density at radius 1 is 0.896 bits per heavy atom. The highest BCUT2D eigenvalue weighted by molar-refractivity contribution is 5.97. The summed E-state index contributed by atoms with van der Waals surface area (Å²) in [5.41, 5.74) is 8.79. The number of hydrazine groups is 1. The molecule has 0 amide bonds. The lowest BCUT2D eigenvalue weighted by molar-refractivity contribution is -0.130. The fourth-order valence-corrected chi connectivity index (χ4v) is 6.73. The Bertz CT molecular complexity index is 1900. The third kappa shape index (κ3) is 5.35. The molecule has 7 rings (SSSR count). The summed E-state index contributed by atoms with van der Waals surface area (Å²) in [6.45, 7) is 5.11. The van der Waals surface area contributed by atoms with Crippen LogP contribution in [0.25, 0.3) is 11.8 Å². The first-order chi connectivity index (χ1) is 23.5. The summed E-state index contributed by atoms with van der Waals surface area (Å²) in [7, 11) is 4.60. The maximum absolute atomic E-state index is 14.3. The number of unbranched alkanes of at least 4 members (excludes halogenated alkanes) is 1. The molecule has 48 heavy (non-hydrogen) atoms. The molecule has 1 N–H and O–H groups in total. The second kappa shape index (κ2) is 12.9. The van der Waals surface area contributed by atoms with Gasteiger partial charge in [-0.2, -0.15) is 0 Å². The second-order valence-corrected chi connectivity index (χ2v) is 11.9. The number of nitrogens with zero attached hydrogens (tertiary/aromatic N) is 3. The van der Waals surface area contributed by atoms with Gasteiger partial charge in [-0.3, -0.25) is 10.0 Å². The van der Waals surface area contributed by atoms with Crippen LogP contribution in [0.15, 0.2) is 102 Å². The van der Waals surface area contributed by atoms with E-state index < -0.39 is 5.97 Å². The van der Waals surface area contributed by atoms with Crippen LogP contribution in [-0.4, -0.2) is 38.9 Å². The molecule has 4 aliphatic rings. The average molecular weight is 645 g/mol. The van der Waals surface area contributed by atoms with Crippen LogP contribution in [0.2, 0.25) is 0 Å². The van der Waals surface area contributed by atoms with Crippen LogP contribution >= 0.6 is 0 Å². The quantitative estimate of drug-likeness (QED) is 0.176. The molecule has 246 valence electrons. The molecule has 4 aliphatic heterocycles. The van der Waals surface area contributed by atoms with E-state index in [0.717, 1.165) is 65.3 Å². The molecule has 0 radical (unpaired) electrons. The maximum Gasteiger partial charge on any atom is 0.362 e. The number of carbonyl (C=O) groups is 1. The highest BCUT2D eigenvalue weighted by Gasteiger charge is 2.40. The lowest BCUT2D eigenvalue weighted by Gasteiger charge is -2.37. The van der Waals surface area contributed by atoms with Gasteiger partial charge in [-0.15, -0.1) is 0 Å². The van der Waals surface area contributed by atoms with Gasteiger partial charge in [0.1, 0.15) is 11.4 Å². The number of esters is 1. The molecule has 1 atom stereocenters. The summed E-state index contributed by atoms with van der Waals surface area (Å²) in [5, 5.41) is 7.76. The smallest absolute Gasteiger partial charge is 0.362 e. The van der Waals surface area contributed by atoms with Crippen molar-refractivity contribution in [3.05, 3.63) is 119 Å². The number of anilines is 2. The van der Waals surface area contributed by atoms with Gasteiger partial charge in [0.2, 0.25) is 5.75 Å². The minimum atomic E-state index is -0.505. The summed E-state index contributed by atoms with van der Waals surface area (Å²) in [4.78, 5) is 16.6. The van der Waals surface area contributed by atoms with Crippen LogP contribution in [0.3, 0.4) is 0 Å². The zero-order valence-electron chi connectivity index (χ0n) is 27.9. The van der Waals surface area contributed by atoms with Gasteiger partial charge in [0.25, 0.3) is 0 Å². The molecule has 3 aromatic rings. The largest absolute Gasteiger partial charge is 0.493 e. The van der Waals surface area contributed by atoms with Gasteiger partial charge in [0.15, 0.2) is 11.5 Å². The maximum atomic E-state index is 14.3. The molecule has 0 saturated heterocycles. The highest BCUT2D eigenvalue weighted by atomic mass is 16.5. The van der Waals surface area contributed by atoms with Gasteiger partial charge in [-0.25, -0.2) is 4.79 Å². The zero-order chi connectivity index (χ0) is 33.4. The average Bonchev–Trinajstić information content (AvgIpc) is 3.45. The molecule has 0 aliphatic carbocycles. The summed E-state index contributed by atoms with van der Waals surface area (Å²) < 4.78 is 22.6. The van der Waals surface area contributed by atoms with Gasteiger partial charge < -0.3 is 29.2 Å². The molecule has 4 heterocycles. The molecule has 9 nitrogen and oxygen atoms in total. The number of dihydropyridines is 1. The fraction of sp³-hybridized carbons (Fsp3) is 0.256. The Morgan fingerprint density at radius 2 is 1.69 bits per heavy atom. The first kappa shape index (κ1) is 31.1. The van der Waals surface area contributed by atoms with Crippen molar-refractivity contribution in [3.63, 3.8) is 0 Å². The Labute approximate surface area is 281 Å². The van der Waals surface area contributed by atoms with Crippen molar-refractivity contribution in [1.82, 2.24) is 10.3 Å². The predicted octanol–water partition coefficient (Wildman–Crippen LogP) is 7.71. The number of benzene rings is 3. The molecule has 9 heteroatoms. The van der Waals surface area contributed by atoms with Gasteiger partial charge in [0.05, 0.1) is 32.7 Å². The van der Waals surface area contributed by atoms with E-state index in [1.807, 2.05) is 0 Å². The fourth-order valence-electron chi connectivity index (χ4n) is 6.73. The van der Waals surface area contributed by atoms with Crippen LogP contribution in [0.5, 0.6) is 23.0 Å². The summed E-state index contributed by atoms with van der Waals surface area (Å²) in [6.07, 6.45) is 15.8. The van der Waals surface area contributed by atoms with Crippen molar-refractivity contribution in [1.29, 1.82) is 0 Å². The van der Waals surface area contributed by atoms with E-state index in [1.165, 1.54) is 26.9 Å². The minimum Gasteiger partial charge on any atom is -0.493 e. The van der Waals surface area contributed by atoms with Crippen molar-refractivity contribution < 1.29 is 23.7 Å². The van der Waals surface area contributed by atoms with E-state index in [-0.39, 0.29) is 11.7 Å². The number of nitrogens with one attached hydrogen (secondary N) is 1. The van der Waals surface area contributed by atoms with Crippen LogP contribution in [0.1, 0.15) is 55.7 Å². The van der Waals surface area contributed by atoms with Crippen molar-refractivity contribution in [3.8, 4) is 23.0 Å². The van der Waals surface area contributed by atoms with Crippen LogP contribution in [0.4, 0.5) is 11.4 Å². The van der Waals surface area contributed by atoms with E-state index >= 15 is 0 Å². The number of ether oxygens (including phenoxy) is 4. The number of carbonyl (C=O) groups excluding carboxylic acids is 1. The number of allylic oxidation sites excluding steroid dienone is 3. The van der Waals surface area contributed by atoms with Gasteiger partial charge in [-0.1, -0.05) is 44.5 Å². The number of methoxy groups -OCH3 is 3. The molecule has 1 unspecified atom stereocenters. The molecule has 0 aromatic heterocycles. The highest BCUT2D eigenvalue weighted by Crippen LogP contribution is 2.49. The van der Waals surface area contributed by atoms with E-state index in [0.29, 0.717) is 22.9 Å². The standard InChI is InChI=1S/C39H40N4O5/c1-6-8-17-42-33-12-10-9-11-29(33)30-23-31(26-13-14-32-27(20-26)16-18-41-24-25(7-2)15-19-43(32)41)40-36(37(30)42)39(44)48-28-21-34(45-3)38(47-5)35(22-28)46-4/h9-16,18-24,30,40H,6-8,17H2,1-5H3. The van der Waals surface area contributed by atoms with E-state index in [2.05, 4.69) is 113 Å². The Balaban J connectivity index is 1.29. The van der Waals surface area contributed by atoms with E-state index in [9.17, 15) is 4.79 Å². The first-order valence-electron chi connectivity index (χ1n) is 16.4. The molecular weight excluding hydrogens is 604 g/mol. The van der Waals surface area contributed by atoms with E-state index in [4.69, 9.17) is 18.9 Å². The van der Waals surface area contributed by atoms with Crippen molar-refractivity contribution >= 4 is 29.1 Å². The van der Waals surface area contributed by atoms with Crippen LogP contribution < -0.4 is 34.2 Å². The zero-order valence-corrected chi connectivity index (χ0v) is 27.9.